The van der Waals surface area contributed by atoms with Gasteiger partial charge in [0.05, 0.1) is 12.3 Å². The molecule has 2 aromatic rings. The van der Waals surface area contributed by atoms with Crippen LogP contribution in [0.2, 0.25) is 0 Å². The molecule has 0 spiro atoms. The SMILES string of the molecule is OCC1(c2cc(-c3ccc(Br)cc3)on2)CC1. The van der Waals surface area contributed by atoms with Crippen LogP contribution in [0, 0.1) is 0 Å². The van der Waals surface area contributed by atoms with E-state index in [2.05, 4.69) is 21.1 Å². The molecule has 0 atom stereocenters. The van der Waals surface area contributed by atoms with Crippen molar-refractivity contribution < 1.29 is 9.63 Å². The molecule has 1 fully saturated rings. The lowest BCUT2D eigenvalue weighted by atomic mass is 10.0. The molecule has 1 aromatic carbocycles. The first-order chi connectivity index (χ1) is 8.23. The van der Waals surface area contributed by atoms with E-state index in [1.807, 2.05) is 30.3 Å². The molecule has 0 radical (unpaired) electrons. The van der Waals surface area contributed by atoms with Crippen molar-refractivity contribution in [2.45, 2.75) is 18.3 Å². The minimum absolute atomic E-state index is 0.128. The van der Waals surface area contributed by atoms with E-state index in [0.717, 1.165) is 34.3 Å². The van der Waals surface area contributed by atoms with Crippen molar-refractivity contribution in [2.75, 3.05) is 6.61 Å². The Morgan fingerprint density at radius 1 is 1.29 bits per heavy atom. The van der Waals surface area contributed by atoms with Crippen molar-refractivity contribution in [3.8, 4) is 11.3 Å². The predicted molar refractivity (Wildman–Crippen MR) is 67.6 cm³/mol. The fraction of sp³-hybridized carbons (Fsp3) is 0.308. The first-order valence-electron chi connectivity index (χ1n) is 5.57. The van der Waals surface area contributed by atoms with Gasteiger partial charge < -0.3 is 9.63 Å². The maximum Gasteiger partial charge on any atom is 0.167 e. The van der Waals surface area contributed by atoms with E-state index in [0.29, 0.717) is 0 Å². The van der Waals surface area contributed by atoms with Gasteiger partial charge >= 0.3 is 0 Å². The molecule has 0 aliphatic heterocycles. The lowest BCUT2D eigenvalue weighted by molar-refractivity contribution is 0.248. The fourth-order valence-electron chi connectivity index (χ4n) is 1.92. The highest BCUT2D eigenvalue weighted by atomic mass is 79.9. The average molecular weight is 294 g/mol. The molecule has 3 rings (SSSR count). The third-order valence-electron chi connectivity index (χ3n) is 3.34. The molecule has 1 heterocycles. The molecule has 0 unspecified atom stereocenters. The van der Waals surface area contributed by atoms with Crippen molar-refractivity contribution in [2.24, 2.45) is 0 Å². The Morgan fingerprint density at radius 3 is 2.59 bits per heavy atom. The summed E-state index contributed by atoms with van der Waals surface area (Å²) in [6.45, 7) is 0.152. The van der Waals surface area contributed by atoms with Crippen LogP contribution in [0.3, 0.4) is 0 Å². The Hall–Kier alpha value is -1.13. The van der Waals surface area contributed by atoms with E-state index in [1.54, 1.807) is 0 Å². The Labute approximate surface area is 108 Å². The molecule has 1 N–H and O–H groups in total. The van der Waals surface area contributed by atoms with E-state index in [-0.39, 0.29) is 12.0 Å². The molecule has 1 saturated carbocycles. The highest BCUT2D eigenvalue weighted by molar-refractivity contribution is 9.10. The second-order valence-electron chi connectivity index (χ2n) is 4.52. The smallest absolute Gasteiger partial charge is 0.167 e. The molecule has 88 valence electrons. The van der Waals surface area contributed by atoms with Crippen molar-refractivity contribution in [1.82, 2.24) is 5.16 Å². The van der Waals surface area contributed by atoms with Gasteiger partial charge in [-0.1, -0.05) is 33.2 Å². The van der Waals surface area contributed by atoms with Crippen LogP contribution in [0.5, 0.6) is 0 Å². The van der Waals surface area contributed by atoms with Crippen LogP contribution >= 0.6 is 15.9 Å². The van der Waals surface area contributed by atoms with Crippen LogP contribution in [0.25, 0.3) is 11.3 Å². The van der Waals surface area contributed by atoms with Crippen molar-refractivity contribution in [3.05, 3.63) is 40.5 Å². The Bertz CT molecular complexity index is 529. The minimum Gasteiger partial charge on any atom is -0.395 e. The lowest BCUT2D eigenvalue weighted by Crippen LogP contribution is -2.11. The summed E-state index contributed by atoms with van der Waals surface area (Å²) in [6, 6.07) is 9.83. The zero-order valence-electron chi connectivity index (χ0n) is 9.19. The topological polar surface area (TPSA) is 46.3 Å². The number of halogens is 1. The standard InChI is InChI=1S/C13H12BrNO2/c14-10-3-1-9(2-4-10)11-7-12(15-17-11)13(8-16)5-6-13/h1-4,7,16H,5-6,8H2. The Kier molecular flexibility index (Phi) is 2.56. The molecule has 0 amide bonds. The van der Waals surface area contributed by atoms with Gasteiger partial charge in [-0.15, -0.1) is 0 Å². The van der Waals surface area contributed by atoms with E-state index in [4.69, 9.17) is 4.52 Å². The van der Waals surface area contributed by atoms with Crippen LogP contribution in [0.15, 0.2) is 39.3 Å². The van der Waals surface area contributed by atoms with Crippen molar-refractivity contribution >= 4 is 15.9 Å². The Morgan fingerprint density at radius 2 is 2.00 bits per heavy atom. The van der Waals surface area contributed by atoms with E-state index in [1.165, 1.54) is 0 Å². The highest BCUT2D eigenvalue weighted by Gasteiger charge is 2.46. The lowest BCUT2D eigenvalue weighted by Gasteiger charge is -2.04. The van der Waals surface area contributed by atoms with E-state index >= 15 is 0 Å². The number of nitrogens with zero attached hydrogens (tertiary/aromatic N) is 1. The molecule has 3 nitrogen and oxygen atoms in total. The van der Waals surface area contributed by atoms with E-state index < -0.39 is 0 Å². The molecule has 0 bridgehead atoms. The largest absolute Gasteiger partial charge is 0.395 e. The van der Waals surface area contributed by atoms with Gasteiger partial charge in [-0.3, -0.25) is 0 Å². The average Bonchev–Trinajstić information content (AvgIpc) is 3.00. The molecule has 0 saturated heterocycles. The van der Waals surface area contributed by atoms with Crippen LogP contribution in [-0.2, 0) is 5.41 Å². The van der Waals surface area contributed by atoms with Gasteiger partial charge in [0.25, 0.3) is 0 Å². The summed E-state index contributed by atoms with van der Waals surface area (Å²) in [5.41, 5.74) is 1.75. The van der Waals surface area contributed by atoms with Gasteiger partial charge in [0, 0.05) is 21.5 Å². The Balaban J connectivity index is 1.92. The number of hydrogen-bond donors (Lipinski definition) is 1. The second-order valence-corrected chi connectivity index (χ2v) is 5.44. The summed E-state index contributed by atoms with van der Waals surface area (Å²) in [7, 11) is 0. The van der Waals surface area contributed by atoms with Crippen LogP contribution in [-0.4, -0.2) is 16.9 Å². The summed E-state index contributed by atoms with van der Waals surface area (Å²) >= 11 is 3.40. The number of rotatable bonds is 3. The molecule has 1 aliphatic rings. The van der Waals surface area contributed by atoms with E-state index in [9.17, 15) is 5.11 Å². The third-order valence-corrected chi connectivity index (χ3v) is 3.87. The first-order valence-corrected chi connectivity index (χ1v) is 6.37. The monoisotopic (exact) mass is 293 g/mol. The summed E-state index contributed by atoms with van der Waals surface area (Å²) < 4.78 is 6.38. The molecular formula is C13H12BrNO2. The zero-order valence-corrected chi connectivity index (χ0v) is 10.8. The number of hydrogen-bond acceptors (Lipinski definition) is 3. The third kappa shape index (κ3) is 1.91. The van der Waals surface area contributed by atoms with Crippen LogP contribution in [0.1, 0.15) is 18.5 Å². The first kappa shape index (κ1) is 11.0. The summed E-state index contributed by atoms with van der Waals surface area (Å²) in [4.78, 5) is 0. The van der Waals surface area contributed by atoms with Crippen molar-refractivity contribution in [1.29, 1.82) is 0 Å². The van der Waals surface area contributed by atoms with Gasteiger partial charge in [-0.2, -0.15) is 0 Å². The number of benzene rings is 1. The highest BCUT2D eigenvalue weighted by Crippen LogP contribution is 2.47. The molecule has 1 aliphatic carbocycles. The maximum absolute atomic E-state index is 9.34. The quantitative estimate of drug-likeness (QED) is 0.946. The summed E-state index contributed by atoms with van der Waals surface area (Å²) in [5, 5.41) is 13.4. The van der Waals surface area contributed by atoms with Crippen molar-refractivity contribution in [3.63, 3.8) is 0 Å². The second kappa shape index (κ2) is 3.96. The summed E-state index contributed by atoms with van der Waals surface area (Å²) in [5.74, 6) is 0.757. The fourth-order valence-corrected chi connectivity index (χ4v) is 2.19. The normalized spacial score (nSPS) is 17.1. The van der Waals surface area contributed by atoms with Gasteiger partial charge in [0.15, 0.2) is 5.76 Å². The minimum atomic E-state index is -0.128. The zero-order chi connectivity index (χ0) is 11.9. The molecule has 17 heavy (non-hydrogen) atoms. The van der Waals surface area contributed by atoms with Gasteiger partial charge in [-0.25, -0.2) is 0 Å². The number of aliphatic hydroxyl groups excluding tert-OH is 1. The predicted octanol–water partition coefficient (Wildman–Crippen LogP) is 3.13. The van der Waals surface area contributed by atoms with Crippen LogP contribution < -0.4 is 0 Å². The molecular weight excluding hydrogens is 282 g/mol. The van der Waals surface area contributed by atoms with Gasteiger partial charge in [-0.05, 0) is 25.0 Å². The molecule has 1 aromatic heterocycles. The number of aliphatic hydroxyl groups is 1. The molecule has 4 heteroatoms. The van der Waals surface area contributed by atoms with Gasteiger partial charge in [0.1, 0.15) is 0 Å². The number of aromatic nitrogens is 1. The van der Waals surface area contributed by atoms with Gasteiger partial charge in [0.2, 0.25) is 0 Å². The maximum atomic E-state index is 9.34. The van der Waals surface area contributed by atoms with Crippen LogP contribution in [0.4, 0.5) is 0 Å². The summed E-state index contributed by atoms with van der Waals surface area (Å²) in [6.07, 6.45) is 1.99.